The molecule has 2 aromatic rings. The van der Waals surface area contributed by atoms with Gasteiger partial charge in [0.15, 0.2) is 0 Å². The first kappa shape index (κ1) is 25.9. The fraction of sp³-hybridized carbons (Fsp3) is 0.583. The molecule has 3 rings (SSSR count). The van der Waals surface area contributed by atoms with Crippen LogP contribution in [0.3, 0.4) is 0 Å². The SMILES string of the molecule is CC(C)C[C@H](NC(=O)C1(NC(=O)c2ccccn2)CCCCC1)C(=O)c1nnc(SC(C)C)o1. The molecule has 0 aromatic carbocycles. The van der Waals surface area contributed by atoms with Gasteiger partial charge in [-0.1, -0.05) is 64.8 Å². The van der Waals surface area contributed by atoms with Crippen LogP contribution in [0.4, 0.5) is 0 Å². The largest absolute Gasteiger partial charge is 0.408 e. The summed E-state index contributed by atoms with van der Waals surface area (Å²) in [7, 11) is 0. The lowest BCUT2D eigenvalue weighted by Gasteiger charge is -2.37. The fourth-order valence-electron chi connectivity index (χ4n) is 4.05. The molecule has 1 fully saturated rings. The van der Waals surface area contributed by atoms with E-state index in [0.717, 1.165) is 19.3 Å². The molecule has 9 nitrogen and oxygen atoms in total. The minimum absolute atomic E-state index is 0.121. The number of pyridine rings is 1. The van der Waals surface area contributed by atoms with Crippen LogP contribution in [0.2, 0.25) is 0 Å². The van der Waals surface area contributed by atoms with E-state index in [-0.39, 0.29) is 28.7 Å². The van der Waals surface area contributed by atoms with E-state index in [9.17, 15) is 14.4 Å². The number of Topliss-reactive ketones (excluding diaryl/α,β-unsaturated/α-hetero) is 1. The number of aromatic nitrogens is 3. The quantitative estimate of drug-likeness (QED) is 0.383. The lowest BCUT2D eigenvalue weighted by atomic mass is 9.80. The lowest BCUT2D eigenvalue weighted by Crippen LogP contribution is -2.62. The van der Waals surface area contributed by atoms with Crippen molar-refractivity contribution >= 4 is 29.4 Å². The van der Waals surface area contributed by atoms with E-state index in [1.807, 2.05) is 27.7 Å². The molecule has 0 spiro atoms. The highest BCUT2D eigenvalue weighted by molar-refractivity contribution is 7.99. The van der Waals surface area contributed by atoms with Crippen molar-refractivity contribution in [3.8, 4) is 0 Å². The molecule has 0 radical (unpaired) electrons. The van der Waals surface area contributed by atoms with Crippen molar-refractivity contribution in [1.82, 2.24) is 25.8 Å². The van der Waals surface area contributed by atoms with Crippen LogP contribution in [0.15, 0.2) is 34.0 Å². The topological polar surface area (TPSA) is 127 Å². The second kappa shape index (κ2) is 11.6. The molecule has 2 amide bonds. The van der Waals surface area contributed by atoms with Gasteiger partial charge in [0.1, 0.15) is 11.2 Å². The number of ketones is 1. The second-order valence-corrected chi connectivity index (χ2v) is 10.9. The summed E-state index contributed by atoms with van der Waals surface area (Å²) >= 11 is 1.37. The van der Waals surface area contributed by atoms with Crippen molar-refractivity contribution in [1.29, 1.82) is 0 Å². The molecule has 0 aliphatic heterocycles. The highest BCUT2D eigenvalue weighted by Gasteiger charge is 2.43. The van der Waals surface area contributed by atoms with Gasteiger partial charge in [-0.05, 0) is 37.3 Å². The molecule has 1 saturated carbocycles. The van der Waals surface area contributed by atoms with E-state index in [0.29, 0.717) is 24.5 Å². The summed E-state index contributed by atoms with van der Waals surface area (Å²) in [6.07, 6.45) is 5.53. The Bertz CT molecular complexity index is 986. The molecule has 184 valence electrons. The molecule has 1 atom stereocenters. The Kier molecular flexibility index (Phi) is 8.82. The van der Waals surface area contributed by atoms with Crippen molar-refractivity contribution in [2.24, 2.45) is 5.92 Å². The van der Waals surface area contributed by atoms with Crippen LogP contribution in [-0.2, 0) is 4.79 Å². The molecular weight excluding hydrogens is 454 g/mol. The lowest BCUT2D eigenvalue weighted by molar-refractivity contribution is -0.129. The van der Waals surface area contributed by atoms with Crippen LogP contribution in [0, 0.1) is 5.92 Å². The zero-order valence-electron chi connectivity index (χ0n) is 20.2. The summed E-state index contributed by atoms with van der Waals surface area (Å²) in [6.45, 7) is 7.92. The molecule has 10 heteroatoms. The first-order valence-corrected chi connectivity index (χ1v) is 12.7. The van der Waals surface area contributed by atoms with Crippen LogP contribution in [0.5, 0.6) is 0 Å². The second-order valence-electron chi connectivity index (χ2n) is 9.37. The summed E-state index contributed by atoms with van der Waals surface area (Å²) in [4.78, 5) is 43.8. The summed E-state index contributed by atoms with van der Waals surface area (Å²) in [6, 6.07) is 4.22. The smallest absolute Gasteiger partial charge is 0.286 e. The Morgan fingerprint density at radius 1 is 1.09 bits per heavy atom. The van der Waals surface area contributed by atoms with Gasteiger partial charge in [0, 0.05) is 11.4 Å². The summed E-state index contributed by atoms with van der Waals surface area (Å²) in [5.41, 5.74) is -0.855. The number of amides is 2. The number of hydrogen-bond donors (Lipinski definition) is 2. The van der Waals surface area contributed by atoms with E-state index in [1.165, 1.54) is 18.0 Å². The number of nitrogens with zero attached hydrogens (tertiary/aromatic N) is 3. The standard InChI is InChI=1S/C24H33N5O4S/c1-15(2)14-18(19(30)21-28-29-23(33-21)34-16(3)4)26-22(32)24(11-7-5-8-12-24)27-20(31)17-10-6-9-13-25-17/h6,9-10,13,15-16,18H,5,7-8,11-12,14H2,1-4H3,(H,26,32)(H,27,31)/t18-/m0/s1. The van der Waals surface area contributed by atoms with Gasteiger partial charge >= 0.3 is 0 Å². The first-order chi connectivity index (χ1) is 16.2. The maximum Gasteiger partial charge on any atom is 0.286 e. The molecular formula is C24H33N5O4S. The third-order valence-corrected chi connectivity index (χ3v) is 6.51. The Morgan fingerprint density at radius 3 is 2.44 bits per heavy atom. The Morgan fingerprint density at radius 2 is 1.82 bits per heavy atom. The van der Waals surface area contributed by atoms with Crippen molar-refractivity contribution in [3.05, 3.63) is 36.0 Å². The van der Waals surface area contributed by atoms with E-state index < -0.39 is 23.3 Å². The Balaban J connectivity index is 1.80. The van der Waals surface area contributed by atoms with Gasteiger partial charge in [-0.3, -0.25) is 19.4 Å². The predicted molar refractivity (Wildman–Crippen MR) is 129 cm³/mol. The molecule has 2 aromatic heterocycles. The number of nitrogens with one attached hydrogen (secondary N) is 2. The Hall–Kier alpha value is -2.75. The molecule has 0 unspecified atom stereocenters. The van der Waals surface area contributed by atoms with Crippen molar-refractivity contribution in [2.75, 3.05) is 0 Å². The van der Waals surface area contributed by atoms with Crippen LogP contribution in [0.1, 0.15) is 87.4 Å². The molecule has 2 N–H and O–H groups in total. The summed E-state index contributed by atoms with van der Waals surface area (Å²) in [5.74, 6) is -1.19. The summed E-state index contributed by atoms with van der Waals surface area (Å²) < 4.78 is 5.56. The first-order valence-electron chi connectivity index (χ1n) is 11.8. The van der Waals surface area contributed by atoms with Crippen LogP contribution in [0.25, 0.3) is 0 Å². The predicted octanol–water partition coefficient (Wildman–Crippen LogP) is 3.81. The molecule has 1 aliphatic carbocycles. The molecule has 2 heterocycles. The van der Waals surface area contributed by atoms with Gasteiger partial charge in [-0.2, -0.15) is 0 Å². The van der Waals surface area contributed by atoms with E-state index in [4.69, 9.17) is 4.42 Å². The van der Waals surface area contributed by atoms with E-state index >= 15 is 0 Å². The van der Waals surface area contributed by atoms with Crippen molar-refractivity contribution in [3.63, 3.8) is 0 Å². The highest BCUT2D eigenvalue weighted by Crippen LogP contribution is 2.30. The number of carbonyl (C=O) groups excluding carboxylic acids is 3. The molecule has 1 aliphatic rings. The number of thioether (sulfide) groups is 1. The van der Waals surface area contributed by atoms with Gasteiger partial charge in [0.2, 0.25) is 11.7 Å². The number of rotatable bonds is 10. The minimum Gasteiger partial charge on any atom is -0.408 e. The molecule has 0 bridgehead atoms. The van der Waals surface area contributed by atoms with Crippen LogP contribution in [-0.4, -0.2) is 49.6 Å². The van der Waals surface area contributed by atoms with E-state index in [1.54, 1.807) is 18.2 Å². The zero-order valence-corrected chi connectivity index (χ0v) is 21.0. The number of hydrogen-bond acceptors (Lipinski definition) is 8. The average molecular weight is 488 g/mol. The highest BCUT2D eigenvalue weighted by atomic mass is 32.2. The monoisotopic (exact) mass is 487 g/mol. The van der Waals surface area contributed by atoms with Gasteiger partial charge in [0.05, 0.1) is 6.04 Å². The fourth-order valence-corrected chi connectivity index (χ4v) is 4.67. The third kappa shape index (κ3) is 6.65. The normalized spacial score (nSPS) is 16.3. The number of carbonyl (C=O) groups is 3. The third-order valence-electron chi connectivity index (χ3n) is 5.67. The van der Waals surface area contributed by atoms with Crippen molar-refractivity contribution in [2.45, 2.75) is 88.3 Å². The minimum atomic E-state index is -1.10. The maximum absolute atomic E-state index is 13.6. The molecule has 34 heavy (non-hydrogen) atoms. The molecule has 0 saturated heterocycles. The van der Waals surface area contributed by atoms with Crippen LogP contribution < -0.4 is 10.6 Å². The van der Waals surface area contributed by atoms with Crippen molar-refractivity contribution < 1.29 is 18.8 Å². The van der Waals surface area contributed by atoms with Crippen LogP contribution >= 0.6 is 11.8 Å². The van der Waals surface area contributed by atoms with Gasteiger partial charge in [-0.15, -0.1) is 10.2 Å². The Labute approximate surface area is 204 Å². The van der Waals surface area contributed by atoms with Gasteiger partial charge in [0.25, 0.3) is 17.0 Å². The zero-order chi connectivity index (χ0) is 24.7. The van der Waals surface area contributed by atoms with E-state index in [2.05, 4.69) is 25.8 Å². The summed E-state index contributed by atoms with van der Waals surface area (Å²) in [5, 5.41) is 14.2. The van der Waals surface area contributed by atoms with Gasteiger partial charge in [-0.25, -0.2) is 0 Å². The average Bonchev–Trinajstić information content (AvgIpc) is 3.26. The maximum atomic E-state index is 13.6. The van der Waals surface area contributed by atoms with Gasteiger partial charge < -0.3 is 15.1 Å².